The van der Waals surface area contributed by atoms with Gasteiger partial charge in [0.2, 0.25) is 0 Å². The third kappa shape index (κ3) is 1.27. The van der Waals surface area contributed by atoms with E-state index in [9.17, 15) is 5.26 Å². The minimum Gasteiger partial charge on any atom is -0.281 e. The van der Waals surface area contributed by atoms with Crippen LogP contribution in [0.3, 0.4) is 0 Å². The number of hydrogen-bond acceptors (Lipinski definition) is 2. The SMILES string of the molecule is N#C[C@]12CC1CCN2Cc1ccccc1. The minimum atomic E-state index is -0.0875. The smallest absolute Gasteiger partial charge is 0.112 e. The standard InChI is InChI=1S/C13H14N2/c14-10-13-8-12(13)6-7-15(13)9-11-4-2-1-3-5-11/h1-5,12H,6-9H2/t12?,13-/m1/s1. The van der Waals surface area contributed by atoms with Crippen molar-refractivity contribution in [2.75, 3.05) is 6.54 Å². The second-order valence-electron chi connectivity index (χ2n) is 4.63. The third-order valence-corrected chi connectivity index (χ3v) is 3.79. The van der Waals surface area contributed by atoms with Gasteiger partial charge in [0.1, 0.15) is 5.54 Å². The van der Waals surface area contributed by atoms with E-state index < -0.39 is 0 Å². The Morgan fingerprint density at radius 1 is 1.40 bits per heavy atom. The van der Waals surface area contributed by atoms with Crippen LogP contribution in [0.25, 0.3) is 0 Å². The van der Waals surface area contributed by atoms with Crippen molar-refractivity contribution in [3.05, 3.63) is 35.9 Å². The van der Waals surface area contributed by atoms with Crippen LogP contribution in [0.15, 0.2) is 30.3 Å². The molecule has 0 radical (unpaired) electrons. The summed E-state index contributed by atoms with van der Waals surface area (Å²) in [4.78, 5) is 2.35. The first-order chi connectivity index (χ1) is 7.35. The topological polar surface area (TPSA) is 27.0 Å². The lowest BCUT2D eigenvalue weighted by atomic mass is 10.2. The Hall–Kier alpha value is -1.33. The normalized spacial score (nSPS) is 33.4. The van der Waals surface area contributed by atoms with Gasteiger partial charge in [0, 0.05) is 13.1 Å². The van der Waals surface area contributed by atoms with Gasteiger partial charge in [-0.2, -0.15) is 5.26 Å². The quantitative estimate of drug-likeness (QED) is 0.728. The Labute approximate surface area is 90.1 Å². The highest BCUT2D eigenvalue weighted by molar-refractivity contribution is 5.29. The largest absolute Gasteiger partial charge is 0.281 e. The lowest BCUT2D eigenvalue weighted by molar-refractivity contribution is 0.245. The molecule has 2 heteroatoms. The number of nitrogens with zero attached hydrogens (tertiary/aromatic N) is 2. The van der Waals surface area contributed by atoms with Gasteiger partial charge >= 0.3 is 0 Å². The summed E-state index contributed by atoms with van der Waals surface area (Å²) in [6, 6.07) is 13.0. The summed E-state index contributed by atoms with van der Waals surface area (Å²) in [7, 11) is 0. The maximum Gasteiger partial charge on any atom is 0.112 e. The van der Waals surface area contributed by atoms with Gasteiger partial charge in [0.15, 0.2) is 0 Å². The molecule has 1 aromatic carbocycles. The van der Waals surface area contributed by atoms with Crippen LogP contribution in [0.4, 0.5) is 0 Å². The van der Waals surface area contributed by atoms with E-state index in [4.69, 9.17) is 0 Å². The molecule has 0 N–H and O–H groups in total. The molecule has 0 bridgehead atoms. The summed E-state index contributed by atoms with van der Waals surface area (Å²) in [6.07, 6.45) is 2.30. The van der Waals surface area contributed by atoms with E-state index >= 15 is 0 Å². The zero-order chi connectivity index (χ0) is 10.3. The van der Waals surface area contributed by atoms with Gasteiger partial charge < -0.3 is 0 Å². The summed E-state index contributed by atoms with van der Waals surface area (Å²) in [5.41, 5.74) is 1.23. The van der Waals surface area contributed by atoms with Crippen molar-refractivity contribution in [3.8, 4) is 6.07 Å². The number of piperidine rings is 1. The number of benzene rings is 1. The summed E-state index contributed by atoms with van der Waals surface area (Å²) in [6.45, 7) is 2.03. The van der Waals surface area contributed by atoms with Crippen molar-refractivity contribution < 1.29 is 0 Å². The molecule has 1 saturated carbocycles. The average molecular weight is 198 g/mol. The van der Waals surface area contributed by atoms with Crippen LogP contribution in [-0.4, -0.2) is 17.0 Å². The highest BCUT2D eigenvalue weighted by Gasteiger charge is 2.62. The maximum atomic E-state index is 9.22. The fraction of sp³-hybridized carbons (Fsp3) is 0.462. The van der Waals surface area contributed by atoms with Gasteiger partial charge in [-0.1, -0.05) is 30.3 Å². The van der Waals surface area contributed by atoms with Crippen molar-refractivity contribution in [2.24, 2.45) is 5.92 Å². The van der Waals surface area contributed by atoms with Crippen molar-refractivity contribution in [3.63, 3.8) is 0 Å². The summed E-state index contributed by atoms with van der Waals surface area (Å²) in [5.74, 6) is 0.659. The molecule has 2 aliphatic rings. The van der Waals surface area contributed by atoms with Crippen LogP contribution in [0.5, 0.6) is 0 Å². The summed E-state index contributed by atoms with van der Waals surface area (Å²) >= 11 is 0. The molecule has 76 valence electrons. The Kier molecular flexibility index (Phi) is 1.83. The summed E-state index contributed by atoms with van der Waals surface area (Å²) in [5, 5.41) is 9.22. The van der Waals surface area contributed by atoms with E-state index in [1.54, 1.807) is 0 Å². The molecular formula is C13H14N2. The molecule has 1 aliphatic carbocycles. The number of nitriles is 1. The molecule has 2 fully saturated rings. The van der Waals surface area contributed by atoms with Gasteiger partial charge in [-0.3, -0.25) is 4.90 Å². The van der Waals surface area contributed by atoms with Crippen LogP contribution >= 0.6 is 0 Å². The number of rotatable bonds is 2. The Morgan fingerprint density at radius 2 is 2.20 bits per heavy atom. The molecule has 0 spiro atoms. The van der Waals surface area contributed by atoms with Crippen LogP contribution < -0.4 is 0 Å². The van der Waals surface area contributed by atoms with E-state index in [0.29, 0.717) is 5.92 Å². The zero-order valence-electron chi connectivity index (χ0n) is 8.69. The van der Waals surface area contributed by atoms with E-state index in [2.05, 4.69) is 35.2 Å². The first kappa shape index (κ1) is 8.94. The van der Waals surface area contributed by atoms with Crippen LogP contribution in [-0.2, 0) is 6.54 Å². The Morgan fingerprint density at radius 3 is 2.87 bits per heavy atom. The maximum absolute atomic E-state index is 9.22. The van der Waals surface area contributed by atoms with Gasteiger partial charge in [-0.05, 0) is 24.3 Å². The van der Waals surface area contributed by atoms with E-state index in [1.807, 2.05) is 6.07 Å². The molecule has 1 heterocycles. The number of likely N-dealkylation sites (tertiary alicyclic amines) is 1. The first-order valence-corrected chi connectivity index (χ1v) is 5.55. The molecule has 2 atom stereocenters. The lowest BCUT2D eigenvalue weighted by Gasteiger charge is -2.22. The molecule has 0 aromatic heterocycles. The Balaban J connectivity index is 1.78. The van der Waals surface area contributed by atoms with Crippen molar-refractivity contribution in [1.29, 1.82) is 5.26 Å². The van der Waals surface area contributed by atoms with Crippen molar-refractivity contribution in [2.45, 2.75) is 24.9 Å². The number of hydrogen-bond donors (Lipinski definition) is 0. The fourth-order valence-corrected chi connectivity index (χ4v) is 2.79. The minimum absolute atomic E-state index is 0.0875. The highest BCUT2D eigenvalue weighted by atomic mass is 15.3. The monoisotopic (exact) mass is 198 g/mol. The fourth-order valence-electron chi connectivity index (χ4n) is 2.79. The van der Waals surface area contributed by atoms with Crippen LogP contribution in [0.1, 0.15) is 18.4 Å². The highest BCUT2D eigenvalue weighted by Crippen LogP contribution is 2.55. The third-order valence-electron chi connectivity index (χ3n) is 3.79. The Bertz CT molecular complexity index is 406. The van der Waals surface area contributed by atoms with Gasteiger partial charge in [-0.25, -0.2) is 0 Å². The number of fused-ring (bicyclic) bond motifs is 1. The average Bonchev–Trinajstić information content (AvgIpc) is 2.92. The summed E-state index contributed by atoms with van der Waals surface area (Å²) < 4.78 is 0. The molecule has 15 heavy (non-hydrogen) atoms. The molecule has 1 aromatic rings. The molecule has 1 saturated heterocycles. The second-order valence-corrected chi connectivity index (χ2v) is 4.63. The van der Waals surface area contributed by atoms with Gasteiger partial charge in [0.05, 0.1) is 6.07 Å². The van der Waals surface area contributed by atoms with E-state index in [-0.39, 0.29) is 5.54 Å². The van der Waals surface area contributed by atoms with Gasteiger partial charge in [-0.15, -0.1) is 0 Å². The van der Waals surface area contributed by atoms with E-state index in [1.165, 1.54) is 12.0 Å². The molecule has 1 aliphatic heterocycles. The zero-order valence-corrected chi connectivity index (χ0v) is 8.69. The predicted molar refractivity (Wildman–Crippen MR) is 57.9 cm³/mol. The second kappa shape index (κ2) is 3.08. The first-order valence-electron chi connectivity index (χ1n) is 5.55. The van der Waals surface area contributed by atoms with Crippen molar-refractivity contribution >= 4 is 0 Å². The lowest BCUT2D eigenvalue weighted by Crippen LogP contribution is -2.32. The van der Waals surface area contributed by atoms with Crippen molar-refractivity contribution in [1.82, 2.24) is 4.90 Å². The predicted octanol–water partition coefficient (Wildman–Crippen LogP) is 2.17. The van der Waals surface area contributed by atoms with Gasteiger partial charge in [0.25, 0.3) is 0 Å². The van der Waals surface area contributed by atoms with E-state index in [0.717, 1.165) is 19.5 Å². The van der Waals surface area contributed by atoms with Crippen LogP contribution in [0.2, 0.25) is 0 Å². The molecular weight excluding hydrogens is 184 g/mol. The molecule has 2 nitrogen and oxygen atoms in total. The molecule has 1 unspecified atom stereocenters. The molecule has 0 amide bonds. The van der Waals surface area contributed by atoms with Crippen LogP contribution in [0, 0.1) is 17.2 Å². The molecule has 3 rings (SSSR count).